The lowest BCUT2D eigenvalue weighted by Gasteiger charge is -2.05. The van der Waals surface area contributed by atoms with E-state index in [0.29, 0.717) is 0 Å². The fourth-order valence-electron chi connectivity index (χ4n) is 1.02. The lowest BCUT2D eigenvalue weighted by molar-refractivity contribution is -0.113. The first-order chi connectivity index (χ1) is 6.13. The number of carbonyl (C=O) groups excluding carboxylic acids is 1. The molecule has 0 atom stereocenters. The lowest BCUT2D eigenvalue weighted by Crippen LogP contribution is -2.12. The summed E-state index contributed by atoms with van der Waals surface area (Å²) < 4.78 is 0. The molecule has 1 aromatic carbocycles. The molecular weight excluding hydrogens is 182 g/mol. The molecule has 0 aliphatic heterocycles. The zero-order valence-corrected chi connectivity index (χ0v) is 8.69. The first kappa shape index (κ1) is 10.1. The van der Waals surface area contributed by atoms with Crippen LogP contribution in [0.5, 0.6) is 0 Å². The van der Waals surface area contributed by atoms with Crippen LogP contribution >= 0.6 is 12.6 Å². The quantitative estimate of drug-likeness (QED) is 0.696. The van der Waals surface area contributed by atoms with Crippen molar-refractivity contribution in [2.75, 3.05) is 11.1 Å². The molecule has 13 heavy (non-hydrogen) atoms. The molecule has 0 unspecified atom stereocenters. The van der Waals surface area contributed by atoms with Gasteiger partial charge in [0, 0.05) is 5.69 Å². The van der Waals surface area contributed by atoms with Gasteiger partial charge < -0.3 is 5.32 Å². The van der Waals surface area contributed by atoms with Crippen molar-refractivity contribution < 1.29 is 4.79 Å². The Labute approximate surface area is 83.8 Å². The molecule has 0 fully saturated rings. The Balaban J connectivity index is 2.79. The molecule has 0 aromatic heterocycles. The van der Waals surface area contributed by atoms with E-state index in [4.69, 9.17) is 0 Å². The first-order valence-corrected chi connectivity index (χ1v) is 4.74. The van der Waals surface area contributed by atoms with E-state index < -0.39 is 0 Å². The fraction of sp³-hybridized carbons (Fsp3) is 0.300. The number of nitrogens with one attached hydrogen (secondary N) is 1. The molecule has 0 radical (unpaired) electrons. The third kappa shape index (κ3) is 2.77. The molecule has 0 aliphatic carbocycles. The Hall–Kier alpha value is -0.960. The number of amides is 1. The van der Waals surface area contributed by atoms with Crippen LogP contribution in [-0.2, 0) is 4.79 Å². The van der Waals surface area contributed by atoms with E-state index in [2.05, 4.69) is 17.9 Å². The average molecular weight is 195 g/mol. The summed E-state index contributed by atoms with van der Waals surface area (Å²) in [5, 5.41) is 2.74. The van der Waals surface area contributed by atoms with Crippen LogP contribution in [0.25, 0.3) is 0 Å². The largest absolute Gasteiger partial charge is 0.325 e. The Kier molecular flexibility index (Phi) is 3.37. The van der Waals surface area contributed by atoms with Gasteiger partial charge in [0.1, 0.15) is 0 Å². The fourth-order valence-corrected chi connectivity index (χ4v) is 1.10. The Morgan fingerprint density at radius 2 is 2.08 bits per heavy atom. The van der Waals surface area contributed by atoms with Gasteiger partial charge in [-0.2, -0.15) is 12.6 Å². The molecule has 1 amide bonds. The molecule has 1 N–H and O–H groups in total. The second-order valence-electron chi connectivity index (χ2n) is 3.01. The molecule has 3 heteroatoms. The average Bonchev–Trinajstić information content (AvgIpc) is 2.11. The van der Waals surface area contributed by atoms with E-state index in [0.717, 1.165) is 5.69 Å². The van der Waals surface area contributed by atoms with E-state index in [-0.39, 0.29) is 11.7 Å². The van der Waals surface area contributed by atoms with Gasteiger partial charge >= 0.3 is 0 Å². The van der Waals surface area contributed by atoms with Crippen LogP contribution in [-0.4, -0.2) is 11.7 Å². The second kappa shape index (κ2) is 4.33. The van der Waals surface area contributed by atoms with Crippen LogP contribution < -0.4 is 5.32 Å². The number of hydrogen-bond donors (Lipinski definition) is 2. The second-order valence-corrected chi connectivity index (χ2v) is 3.32. The Bertz CT molecular complexity index is 323. The Morgan fingerprint density at radius 3 is 2.62 bits per heavy atom. The highest BCUT2D eigenvalue weighted by atomic mass is 32.1. The van der Waals surface area contributed by atoms with Crippen molar-refractivity contribution in [3.8, 4) is 0 Å². The first-order valence-electron chi connectivity index (χ1n) is 4.11. The highest BCUT2D eigenvalue weighted by molar-refractivity contribution is 7.81. The zero-order valence-electron chi connectivity index (χ0n) is 7.79. The van der Waals surface area contributed by atoms with E-state index >= 15 is 0 Å². The molecule has 0 saturated carbocycles. The maximum atomic E-state index is 11.0. The predicted molar refractivity (Wildman–Crippen MR) is 58.4 cm³/mol. The summed E-state index contributed by atoms with van der Waals surface area (Å²) in [6.45, 7) is 4.06. The lowest BCUT2D eigenvalue weighted by atomic mass is 10.1. The van der Waals surface area contributed by atoms with Crippen molar-refractivity contribution in [1.82, 2.24) is 0 Å². The van der Waals surface area contributed by atoms with Gasteiger partial charge in [-0.05, 0) is 37.1 Å². The molecule has 1 rings (SSSR count). The topological polar surface area (TPSA) is 29.1 Å². The van der Waals surface area contributed by atoms with Crippen molar-refractivity contribution >= 4 is 24.2 Å². The predicted octanol–water partition coefficient (Wildman–Crippen LogP) is 2.17. The van der Waals surface area contributed by atoms with Crippen LogP contribution in [0.15, 0.2) is 18.2 Å². The molecule has 0 bridgehead atoms. The van der Waals surface area contributed by atoms with Crippen LogP contribution in [0.2, 0.25) is 0 Å². The molecule has 0 saturated heterocycles. The molecule has 0 aliphatic rings. The monoisotopic (exact) mass is 195 g/mol. The van der Waals surface area contributed by atoms with E-state index in [9.17, 15) is 4.79 Å². The summed E-state index contributed by atoms with van der Waals surface area (Å²) in [5.74, 6) is 0.138. The number of rotatable bonds is 2. The zero-order chi connectivity index (χ0) is 9.84. The molecule has 2 nitrogen and oxygen atoms in total. The van der Waals surface area contributed by atoms with E-state index in [1.807, 2.05) is 32.0 Å². The van der Waals surface area contributed by atoms with Gasteiger partial charge in [-0.25, -0.2) is 0 Å². The highest BCUT2D eigenvalue weighted by Crippen LogP contribution is 2.13. The van der Waals surface area contributed by atoms with Gasteiger partial charge in [-0.1, -0.05) is 6.07 Å². The maximum Gasteiger partial charge on any atom is 0.234 e. The van der Waals surface area contributed by atoms with Crippen LogP contribution in [0, 0.1) is 13.8 Å². The minimum atomic E-state index is -0.0772. The molecular formula is C10H13NOS. The number of carbonyl (C=O) groups is 1. The summed E-state index contributed by atoms with van der Waals surface area (Å²) >= 11 is 3.88. The third-order valence-corrected chi connectivity index (χ3v) is 2.22. The standard InChI is InChI=1S/C10H13NOS/c1-7-3-4-9(5-8(7)2)11-10(12)6-13/h3-5,13H,6H2,1-2H3,(H,11,12). The van der Waals surface area contributed by atoms with Crippen molar-refractivity contribution in [3.63, 3.8) is 0 Å². The summed E-state index contributed by atoms with van der Waals surface area (Å²) in [6, 6.07) is 5.84. The van der Waals surface area contributed by atoms with E-state index in [1.54, 1.807) is 0 Å². The minimum Gasteiger partial charge on any atom is -0.325 e. The smallest absolute Gasteiger partial charge is 0.234 e. The third-order valence-electron chi connectivity index (χ3n) is 1.93. The van der Waals surface area contributed by atoms with Crippen LogP contribution in [0.1, 0.15) is 11.1 Å². The Morgan fingerprint density at radius 1 is 1.38 bits per heavy atom. The summed E-state index contributed by atoms with van der Waals surface area (Å²) in [6.07, 6.45) is 0. The van der Waals surface area contributed by atoms with Gasteiger partial charge in [0.15, 0.2) is 0 Å². The molecule has 0 spiro atoms. The van der Waals surface area contributed by atoms with Gasteiger partial charge in [0.25, 0.3) is 0 Å². The van der Waals surface area contributed by atoms with E-state index in [1.165, 1.54) is 11.1 Å². The highest BCUT2D eigenvalue weighted by Gasteiger charge is 1.99. The number of benzene rings is 1. The minimum absolute atomic E-state index is 0.0772. The molecule has 0 heterocycles. The number of anilines is 1. The van der Waals surface area contributed by atoms with Gasteiger partial charge in [0.2, 0.25) is 5.91 Å². The van der Waals surface area contributed by atoms with Crippen molar-refractivity contribution in [2.45, 2.75) is 13.8 Å². The van der Waals surface area contributed by atoms with Crippen LogP contribution in [0.3, 0.4) is 0 Å². The molecule has 1 aromatic rings. The van der Waals surface area contributed by atoms with Crippen LogP contribution in [0.4, 0.5) is 5.69 Å². The summed E-state index contributed by atoms with van der Waals surface area (Å²) in [7, 11) is 0. The normalized spacial score (nSPS) is 9.77. The number of aryl methyl sites for hydroxylation is 2. The SMILES string of the molecule is Cc1ccc(NC(=O)CS)cc1C. The summed E-state index contributed by atoms with van der Waals surface area (Å²) in [4.78, 5) is 11.0. The van der Waals surface area contributed by atoms with Crippen molar-refractivity contribution in [2.24, 2.45) is 0 Å². The molecule has 70 valence electrons. The van der Waals surface area contributed by atoms with Gasteiger partial charge in [0.05, 0.1) is 5.75 Å². The number of hydrogen-bond acceptors (Lipinski definition) is 2. The maximum absolute atomic E-state index is 11.0. The summed E-state index contributed by atoms with van der Waals surface area (Å²) in [5.41, 5.74) is 3.24. The van der Waals surface area contributed by atoms with Crippen molar-refractivity contribution in [3.05, 3.63) is 29.3 Å². The van der Waals surface area contributed by atoms with Gasteiger partial charge in [-0.15, -0.1) is 0 Å². The number of thiol groups is 1. The van der Waals surface area contributed by atoms with Gasteiger partial charge in [-0.3, -0.25) is 4.79 Å². The van der Waals surface area contributed by atoms with Crippen molar-refractivity contribution in [1.29, 1.82) is 0 Å².